The van der Waals surface area contributed by atoms with Gasteiger partial charge in [0.25, 0.3) is 0 Å². The number of rotatable bonds is 2. The Bertz CT molecular complexity index is 1030. The molecule has 162 valence electrons. The number of hydrazone groups is 1. The number of piperidine rings is 1. The summed E-state index contributed by atoms with van der Waals surface area (Å²) in [5.41, 5.74) is 3.05. The van der Waals surface area contributed by atoms with Crippen LogP contribution in [0, 0.1) is 0 Å². The highest BCUT2D eigenvalue weighted by molar-refractivity contribution is 6.02. The fourth-order valence-corrected chi connectivity index (χ4v) is 5.35. The summed E-state index contributed by atoms with van der Waals surface area (Å²) in [6, 6.07) is 15.4. The first-order valence-corrected chi connectivity index (χ1v) is 11.4. The van der Waals surface area contributed by atoms with Gasteiger partial charge in [-0.1, -0.05) is 18.2 Å². The second kappa shape index (κ2) is 7.16. The predicted molar refractivity (Wildman–Crippen MR) is 119 cm³/mol. The zero-order chi connectivity index (χ0) is 21.0. The summed E-state index contributed by atoms with van der Waals surface area (Å²) in [5, 5.41) is 7.46. The van der Waals surface area contributed by atoms with Gasteiger partial charge in [-0.05, 0) is 38.1 Å². The van der Waals surface area contributed by atoms with Crippen molar-refractivity contribution >= 4 is 5.71 Å². The molecule has 1 saturated heterocycles. The van der Waals surface area contributed by atoms with E-state index in [2.05, 4.69) is 60.2 Å². The Balaban J connectivity index is 1.37. The molecule has 6 heteroatoms. The van der Waals surface area contributed by atoms with Gasteiger partial charge in [0, 0.05) is 49.5 Å². The fourth-order valence-electron chi connectivity index (χ4n) is 5.35. The molecule has 6 nitrogen and oxygen atoms in total. The van der Waals surface area contributed by atoms with E-state index in [0.29, 0.717) is 19.3 Å². The molecule has 0 radical (unpaired) electrons. The molecular weight excluding hydrogens is 390 g/mol. The summed E-state index contributed by atoms with van der Waals surface area (Å²) >= 11 is 0. The van der Waals surface area contributed by atoms with E-state index in [0.717, 1.165) is 60.9 Å². The number of fused-ring (bicyclic) bond motifs is 5. The minimum Gasteiger partial charge on any atom is -0.486 e. The average molecular weight is 420 g/mol. The summed E-state index contributed by atoms with van der Waals surface area (Å²) in [6.07, 6.45) is 2.78. The van der Waals surface area contributed by atoms with Crippen molar-refractivity contribution < 1.29 is 14.2 Å². The zero-order valence-corrected chi connectivity index (χ0v) is 18.2. The van der Waals surface area contributed by atoms with Gasteiger partial charge in [-0.25, -0.2) is 5.01 Å². The molecule has 0 aromatic heterocycles. The number of para-hydroxylation sites is 1. The molecule has 0 bridgehead atoms. The molecule has 2 aromatic rings. The summed E-state index contributed by atoms with van der Waals surface area (Å²) in [5.74, 6) is 2.64. The fraction of sp³-hybridized carbons (Fsp3) is 0.480. The van der Waals surface area contributed by atoms with Crippen LogP contribution in [0.25, 0.3) is 0 Å². The van der Waals surface area contributed by atoms with Crippen LogP contribution in [0.1, 0.15) is 50.3 Å². The second-order valence-electron chi connectivity index (χ2n) is 9.19. The van der Waals surface area contributed by atoms with Gasteiger partial charge in [0.2, 0.25) is 5.72 Å². The monoisotopic (exact) mass is 419 g/mol. The summed E-state index contributed by atoms with van der Waals surface area (Å²) in [7, 11) is 0. The van der Waals surface area contributed by atoms with E-state index in [1.54, 1.807) is 0 Å². The van der Waals surface area contributed by atoms with Crippen LogP contribution in [0.15, 0.2) is 47.6 Å². The molecule has 1 atom stereocenters. The van der Waals surface area contributed by atoms with Gasteiger partial charge in [0.05, 0.1) is 11.8 Å². The molecule has 1 fully saturated rings. The molecule has 4 aliphatic heterocycles. The average Bonchev–Trinajstić information content (AvgIpc) is 3.26. The molecule has 0 unspecified atom stereocenters. The maximum Gasteiger partial charge on any atom is 0.200 e. The van der Waals surface area contributed by atoms with E-state index in [4.69, 9.17) is 19.3 Å². The maximum atomic E-state index is 6.72. The van der Waals surface area contributed by atoms with Crippen LogP contribution < -0.4 is 14.2 Å². The Morgan fingerprint density at radius 3 is 2.55 bits per heavy atom. The topological polar surface area (TPSA) is 46.5 Å². The molecular formula is C25H29N3O3. The van der Waals surface area contributed by atoms with Gasteiger partial charge in [-0.15, -0.1) is 0 Å². The highest BCUT2D eigenvalue weighted by Gasteiger charge is 2.51. The number of benzene rings is 2. The molecule has 0 saturated carbocycles. The van der Waals surface area contributed by atoms with E-state index < -0.39 is 0 Å². The van der Waals surface area contributed by atoms with Crippen molar-refractivity contribution in [3.05, 3.63) is 53.6 Å². The number of ether oxygens (including phenoxy) is 3. The Morgan fingerprint density at radius 2 is 1.74 bits per heavy atom. The first-order chi connectivity index (χ1) is 15.1. The van der Waals surface area contributed by atoms with Crippen molar-refractivity contribution in [3.8, 4) is 17.2 Å². The van der Waals surface area contributed by atoms with Gasteiger partial charge in [-0.3, -0.25) is 0 Å². The molecule has 4 heterocycles. The largest absolute Gasteiger partial charge is 0.486 e. The van der Waals surface area contributed by atoms with E-state index in [9.17, 15) is 0 Å². The van der Waals surface area contributed by atoms with Crippen LogP contribution in [0.3, 0.4) is 0 Å². The first-order valence-electron chi connectivity index (χ1n) is 11.4. The molecule has 0 N–H and O–H groups in total. The van der Waals surface area contributed by atoms with E-state index in [1.807, 2.05) is 6.07 Å². The van der Waals surface area contributed by atoms with Gasteiger partial charge in [-0.2, -0.15) is 5.10 Å². The third-order valence-electron chi connectivity index (χ3n) is 7.09. The van der Waals surface area contributed by atoms with Crippen molar-refractivity contribution in [2.24, 2.45) is 5.10 Å². The number of hydrogen-bond donors (Lipinski definition) is 0. The van der Waals surface area contributed by atoms with Gasteiger partial charge in [0.15, 0.2) is 11.5 Å². The molecule has 2 aromatic carbocycles. The molecule has 4 aliphatic rings. The molecule has 31 heavy (non-hydrogen) atoms. The minimum absolute atomic E-state index is 0.207. The van der Waals surface area contributed by atoms with Crippen molar-refractivity contribution in [2.75, 3.05) is 26.3 Å². The summed E-state index contributed by atoms with van der Waals surface area (Å²) in [6.45, 7) is 7.79. The Kier molecular flexibility index (Phi) is 4.39. The molecule has 1 spiro atoms. The normalized spacial score (nSPS) is 23.9. The lowest BCUT2D eigenvalue weighted by atomic mass is 9.90. The Labute approximate surface area is 183 Å². The SMILES string of the molecule is CC(C)N1CCC2(CC1)Oc1ccccc1[C@@H]1CC(c3ccc4c(c3)OCCO4)=NN12. The van der Waals surface area contributed by atoms with Gasteiger partial charge in [0.1, 0.15) is 19.0 Å². The van der Waals surface area contributed by atoms with E-state index in [-0.39, 0.29) is 11.8 Å². The Morgan fingerprint density at radius 1 is 0.968 bits per heavy atom. The van der Waals surface area contributed by atoms with Crippen LogP contribution in [0.4, 0.5) is 0 Å². The number of likely N-dealkylation sites (tertiary alicyclic amines) is 1. The number of hydrogen-bond acceptors (Lipinski definition) is 6. The second-order valence-corrected chi connectivity index (χ2v) is 9.19. The van der Waals surface area contributed by atoms with Gasteiger partial charge >= 0.3 is 0 Å². The molecule has 6 rings (SSSR count). The standard InChI is InChI=1S/C25H29N3O3/c1-17(2)27-11-9-25(10-12-27)28-21(19-5-3-4-6-22(19)31-25)16-20(26-28)18-7-8-23-24(15-18)30-14-13-29-23/h3-8,15,17,21H,9-14,16H2,1-2H3/t21-/m0/s1. The summed E-state index contributed by atoms with van der Waals surface area (Å²) in [4.78, 5) is 2.53. The van der Waals surface area contributed by atoms with Crippen LogP contribution in [0.2, 0.25) is 0 Å². The third kappa shape index (κ3) is 3.07. The predicted octanol–water partition coefficient (Wildman–Crippen LogP) is 4.20. The van der Waals surface area contributed by atoms with Gasteiger partial charge < -0.3 is 19.1 Å². The van der Waals surface area contributed by atoms with Crippen molar-refractivity contribution in [1.29, 1.82) is 0 Å². The van der Waals surface area contributed by atoms with Crippen molar-refractivity contribution in [1.82, 2.24) is 9.91 Å². The lowest BCUT2D eigenvalue weighted by molar-refractivity contribution is -0.152. The van der Waals surface area contributed by atoms with Crippen molar-refractivity contribution in [3.63, 3.8) is 0 Å². The highest BCUT2D eigenvalue weighted by Crippen LogP contribution is 2.50. The van der Waals surface area contributed by atoms with Crippen LogP contribution in [-0.4, -0.2) is 53.7 Å². The lowest BCUT2D eigenvalue weighted by Crippen LogP contribution is -2.59. The maximum absolute atomic E-state index is 6.72. The highest BCUT2D eigenvalue weighted by atomic mass is 16.6. The van der Waals surface area contributed by atoms with Crippen molar-refractivity contribution in [2.45, 2.75) is 50.9 Å². The lowest BCUT2D eigenvalue weighted by Gasteiger charge is -2.51. The van der Waals surface area contributed by atoms with E-state index >= 15 is 0 Å². The minimum atomic E-state index is -0.375. The summed E-state index contributed by atoms with van der Waals surface area (Å²) < 4.78 is 18.2. The van der Waals surface area contributed by atoms with Crippen LogP contribution >= 0.6 is 0 Å². The van der Waals surface area contributed by atoms with E-state index in [1.165, 1.54) is 5.56 Å². The Hall–Kier alpha value is -2.73. The third-order valence-corrected chi connectivity index (χ3v) is 7.09. The zero-order valence-electron chi connectivity index (χ0n) is 18.2. The van der Waals surface area contributed by atoms with Crippen LogP contribution in [-0.2, 0) is 0 Å². The molecule has 0 aliphatic carbocycles. The smallest absolute Gasteiger partial charge is 0.200 e. The quantitative estimate of drug-likeness (QED) is 0.730. The van der Waals surface area contributed by atoms with Crippen LogP contribution in [0.5, 0.6) is 17.2 Å². The first kappa shape index (κ1) is 19.0. The molecule has 0 amide bonds. The number of nitrogens with zero attached hydrogens (tertiary/aromatic N) is 3.